The lowest BCUT2D eigenvalue weighted by molar-refractivity contribution is -0.884. The summed E-state index contributed by atoms with van der Waals surface area (Å²) in [6, 6.07) is 3.26. The largest absolute Gasteiger partial charge is 0.493 e. The Morgan fingerprint density at radius 3 is 1.93 bits per heavy atom. The van der Waals surface area contributed by atoms with Crippen molar-refractivity contribution in [1.29, 1.82) is 0 Å². The highest BCUT2D eigenvalue weighted by Crippen LogP contribution is 2.35. The van der Waals surface area contributed by atoms with Gasteiger partial charge in [-0.05, 0) is 12.5 Å². The summed E-state index contributed by atoms with van der Waals surface area (Å²) in [5.74, 6) is 1.02. The van der Waals surface area contributed by atoms with Crippen LogP contribution in [0.2, 0.25) is 0 Å². The van der Waals surface area contributed by atoms with Gasteiger partial charge >= 0.3 is 0 Å². The van der Waals surface area contributed by atoms with E-state index in [2.05, 4.69) is 6.92 Å². The first-order valence-electron chi connectivity index (χ1n) is 11.1. The summed E-state index contributed by atoms with van der Waals surface area (Å²) in [5.41, 5.74) is 0.752. The van der Waals surface area contributed by atoms with Crippen molar-refractivity contribution < 1.29 is 18.9 Å². The number of nitro benzene ring substituents is 1. The fourth-order valence-electron chi connectivity index (χ4n) is 3.44. The molecule has 29 heavy (non-hydrogen) atoms. The van der Waals surface area contributed by atoms with E-state index in [4.69, 9.17) is 9.47 Å². The fourth-order valence-corrected chi connectivity index (χ4v) is 3.44. The van der Waals surface area contributed by atoms with E-state index in [0.29, 0.717) is 34.7 Å². The summed E-state index contributed by atoms with van der Waals surface area (Å²) in [6.45, 7) is 3.35. The highest BCUT2D eigenvalue weighted by molar-refractivity contribution is 5.54. The maximum atomic E-state index is 11.5. The van der Waals surface area contributed by atoms with Crippen molar-refractivity contribution in [1.82, 2.24) is 0 Å². The number of unbranched alkanes of at least 4 members (excludes halogenated alkanes) is 9. The van der Waals surface area contributed by atoms with Crippen molar-refractivity contribution in [2.24, 2.45) is 0 Å². The predicted octanol–water partition coefficient (Wildman–Crippen LogP) is 6.11. The van der Waals surface area contributed by atoms with E-state index in [1.165, 1.54) is 57.4 Å². The highest BCUT2D eigenvalue weighted by atomic mass is 16.6. The van der Waals surface area contributed by atoms with E-state index in [1.807, 2.05) is 21.1 Å². The van der Waals surface area contributed by atoms with E-state index >= 15 is 0 Å². The van der Waals surface area contributed by atoms with Gasteiger partial charge in [0.25, 0.3) is 5.69 Å². The molecule has 0 fully saturated rings. The predicted molar refractivity (Wildman–Crippen MR) is 119 cm³/mol. The molecule has 1 aromatic carbocycles. The van der Waals surface area contributed by atoms with E-state index in [-0.39, 0.29) is 10.6 Å². The number of ether oxygens (including phenoxy) is 2. The van der Waals surface area contributed by atoms with Crippen LogP contribution in [0.4, 0.5) is 5.69 Å². The van der Waals surface area contributed by atoms with Gasteiger partial charge in [0.05, 0.1) is 51.4 Å². The minimum absolute atomic E-state index is 0.0944. The lowest BCUT2D eigenvalue weighted by Crippen LogP contribution is -2.33. The van der Waals surface area contributed by atoms with Crippen LogP contribution in [0.3, 0.4) is 0 Å². The first-order chi connectivity index (χ1) is 13.8. The number of nitro groups is 1. The Morgan fingerprint density at radius 2 is 1.45 bits per heavy atom. The molecule has 0 radical (unpaired) electrons. The lowest BCUT2D eigenvalue weighted by atomic mass is 10.1. The van der Waals surface area contributed by atoms with Crippen LogP contribution in [0.15, 0.2) is 12.1 Å². The fraction of sp³-hybridized carbons (Fsp3) is 0.739. The van der Waals surface area contributed by atoms with E-state index in [9.17, 15) is 10.1 Å². The maximum Gasteiger partial charge on any atom is 0.282 e. The Kier molecular flexibility index (Phi) is 11.7. The molecular weight excluding hydrogens is 368 g/mol. The van der Waals surface area contributed by atoms with Crippen molar-refractivity contribution in [2.75, 3.05) is 34.9 Å². The van der Waals surface area contributed by atoms with Gasteiger partial charge in [-0.3, -0.25) is 10.1 Å². The van der Waals surface area contributed by atoms with Gasteiger partial charge < -0.3 is 14.0 Å². The third-order valence-corrected chi connectivity index (χ3v) is 4.96. The molecule has 6 heteroatoms. The van der Waals surface area contributed by atoms with Gasteiger partial charge in [0, 0.05) is 0 Å². The Balaban J connectivity index is 2.47. The molecule has 0 saturated heterocycles. The molecule has 0 spiro atoms. The van der Waals surface area contributed by atoms with Crippen LogP contribution >= 0.6 is 0 Å². The Labute approximate surface area is 176 Å². The molecule has 6 nitrogen and oxygen atoms in total. The average Bonchev–Trinajstić information content (AvgIpc) is 2.65. The molecule has 0 heterocycles. The third-order valence-electron chi connectivity index (χ3n) is 4.96. The smallest absolute Gasteiger partial charge is 0.282 e. The van der Waals surface area contributed by atoms with Gasteiger partial charge in [0.15, 0.2) is 11.5 Å². The van der Waals surface area contributed by atoms with E-state index in [1.54, 1.807) is 13.2 Å². The zero-order valence-electron chi connectivity index (χ0n) is 19.2. The van der Waals surface area contributed by atoms with Crippen molar-refractivity contribution in [2.45, 2.75) is 77.7 Å². The molecular formula is C23H41N2O4+. The van der Waals surface area contributed by atoms with Crippen LogP contribution in [0, 0.1) is 10.1 Å². The summed E-state index contributed by atoms with van der Waals surface area (Å²) in [5, 5.41) is 11.5. The summed E-state index contributed by atoms with van der Waals surface area (Å²) < 4.78 is 11.9. The van der Waals surface area contributed by atoms with Crippen LogP contribution in [0.5, 0.6) is 11.5 Å². The minimum atomic E-state index is -0.336. The van der Waals surface area contributed by atoms with Crippen molar-refractivity contribution in [3.63, 3.8) is 0 Å². The van der Waals surface area contributed by atoms with E-state index in [0.717, 1.165) is 12.8 Å². The van der Waals surface area contributed by atoms with Crippen LogP contribution in [0.1, 0.15) is 76.7 Å². The quantitative estimate of drug-likeness (QED) is 0.143. The zero-order valence-corrected chi connectivity index (χ0v) is 19.2. The SMILES string of the molecule is CCCCCCCCCCCCOc1cc([N+](=O)[O-])c(C[N+](C)(C)C)cc1OC. The van der Waals surface area contributed by atoms with Crippen molar-refractivity contribution >= 4 is 5.69 Å². The third kappa shape index (κ3) is 10.5. The molecule has 1 aromatic rings. The lowest BCUT2D eigenvalue weighted by Gasteiger charge is -2.24. The van der Waals surface area contributed by atoms with Crippen LogP contribution in [-0.2, 0) is 6.54 Å². The molecule has 0 amide bonds. The van der Waals surface area contributed by atoms with Crippen LogP contribution < -0.4 is 9.47 Å². The Hall–Kier alpha value is -1.82. The first kappa shape index (κ1) is 25.2. The number of hydrogen-bond donors (Lipinski definition) is 0. The molecule has 0 aliphatic rings. The van der Waals surface area contributed by atoms with Crippen LogP contribution in [0.25, 0.3) is 0 Å². The Bertz CT molecular complexity index is 612. The van der Waals surface area contributed by atoms with Crippen molar-refractivity contribution in [3.05, 3.63) is 27.8 Å². The highest BCUT2D eigenvalue weighted by Gasteiger charge is 2.24. The monoisotopic (exact) mass is 409 g/mol. The normalized spacial score (nSPS) is 11.5. The summed E-state index contributed by atoms with van der Waals surface area (Å²) in [7, 11) is 7.59. The number of rotatable bonds is 16. The number of quaternary nitrogens is 1. The van der Waals surface area contributed by atoms with Gasteiger partial charge in [-0.25, -0.2) is 0 Å². The topological polar surface area (TPSA) is 61.6 Å². The van der Waals surface area contributed by atoms with Gasteiger partial charge in [-0.1, -0.05) is 64.7 Å². The summed E-state index contributed by atoms with van der Waals surface area (Å²) in [4.78, 5) is 11.2. The van der Waals surface area contributed by atoms with Gasteiger partial charge in [-0.15, -0.1) is 0 Å². The number of nitrogens with zero attached hydrogens (tertiary/aromatic N) is 2. The molecule has 0 aliphatic carbocycles. The molecule has 0 unspecified atom stereocenters. The number of benzene rings is 1. The molecule has 0 N–H and O–H groups in total. The van der Waals surface area contributed by atoms with Gasteiger partial charge in [0.1, 0.15) is 6.54 Å². The average molecular weight is 410 g/mol. The molecule has 0 aliphatic heterocycles. The second kappa shape index (κ2) is 13.4. The second-order valence-corrected chi connectivity index (χ2v) is 8.87. The first-order valence-corrected chi connectivity index (χ1v) is 11.1. The molecule has 1 rings (SSSR count). The number of hydrogen-bond acceptors (Lipinski definition) is 4. The summed E-state index contributed by atoms with van der Waals surface area (Å²) >= 11 is 0. The molecule has 166 valence electrons. The van der Waals surface area contributed by atoms with Gasteiger partial charge in [0.2, 0.25) is 0 Å². The number of methoxy groups -OCH3 is 1. The molecule has 0 bridgehead atoms. The zero-order chi connectivity index (χ0) is 21.7. The Morgan fingerprint density at radius 1 is 0.897 bits per heavy atom. The second-order valence-electron chi connectivity index (χ2n) is 8.87. The molecule has 0 saturated carbocycles. The van der Waals surface area contributed by atoms with Crippen molar-refractivity contribution in [3.8, 4) is 11.5 Å². The standard InChI is InChI=1S/C23H41N2O4/c1-6-7-8-9-10-11-12-13-14-15-16-29-23-18-21(24(26)27)20(17-22(23)28-5)19-25(2,3)4/h17-18H,6-16,19H2,1-5H3/q+1. The van der Waals surface area contributed by atoms with E-state index < -0.39 is 0 Å². The minimum Gasteiger partial charge on any atom is -0.493 e. The van der Waals surface area contributed by atoms with Gasteiger partial charge in [-0.2, -0.15) is 0 Å². The van der Waals surface area contributed by atoms with Crippen LogP contribution in [-0.4, -0.2) is 44.3 Å². The maximum absolute atomic E-state index is 11.5. The molecule has 0 aromatic heterocycles. The molecule has 0 atom stereocenters. The summed E-state index contributed by atoms with van der Waals surface area (Å²) in [6.07, 6.45) is 12.6.